The Morgan fingerprint density at radius 3 is 2.34 bits per heavy atom. The topological polar surface area (TPSA) is 96.5 Å². The van der Waals surface area contributed by atoms with Crippen molar-refractivity contribution >= 4 is 9.84 Å². The molecule has 2 heterocycles. The molecule has 0 aliphatic heterocycles. The third kappa shape index (κ3) is 5.05. The Hall–Kier alpha value is -3.66. The minimum Gasteiger partial charge on any atom is -0.494 e. The first-order valence-corrected chi connectivity index (χ1v) is 14.2. The number of aromatic nitrogens is 3. The Morgan fingerprint density at radius 1 is 1.00 bits per heavy atom. The zero-order chi connectivity index (χ0) is 26.9. The molecule has 200 valence electrons. The van der Waals surface area contributed by atoms with E-state index < -0.39 is 15.1 Å². The van der Waals surface area contributed by atoms with E-state index in [1.807, 2.05) is 13.0 Å². The highest BCUT2D eigenvalue weighted by molar-refractivity contribution is 7.91. The highest BCUT2D eigenvalue weighted by Crippen LogP contribution is 2.39. The van der Waals surface area contributed by atoms with Crippen molar-refractivity contribution in [3.63, 3.8) is 0 Å². The van der Waals surface area contributed by atoms with Gasteiger partial charge in [-0.25, -0.2) is 12.8 Å². The average Bonchev–Trinajstić information content (AvgIpc) is 3.54. The van der Waals surface area contributed by atoms with Crippen LogP contribution in [0.5, 0.6) is 11.5 Å². The standard InChI is InChI=1S/C28H30FN3O5S/c1-18-10-15-25(37-18)28-31-30-26(32(28)27-23(35-2)8-5-9-24(27)36-3)17-38(33,34)22-7-4-6-20(16-22)19-11-13-21(29)14-12-19/h5,8-15,20,22H,4,6-7,16-17H2,1-3H3/t20-,22-/m0/s1. The molecule has 0 saturated heterocycles. The van der Waals surface area contributed by atoms with Gasteiger partial charge in [-0.1, -0.05) is 24.6 Å². The van der Waals surface area contributed by atoms with Gasteiger partial charge in [-0.05, 0) is 74.1 Å². The number of ether oxygens (including phenoxy) is 2. The number of benzene rings is 2. The van der Waals surface area contributed by atoms with Gasteiger partial charge < -0.3 is 13.9 Å². The van der Waals surface area contributed by atoms with Gasteiger partial charge in [0.2, 0.25) is 5.82 Å². The predicted octanol–water partition coefficient (Wildman–Crippen LogP) is 5.63. The first-order valence-electron chi connectivity index (χ1n) is 12.5. The fourth-order valence-electron chi connectivity index (χ4n) is 5.22. The van der Waals surface area contributed by atoms with Gasteiger partial charge in [0, 0.05) is 0 Å². The van der Waals surface area contributed by atoms with Crippen LogP contribution in [-0.4, -0.2) is 42.7 Å². The summed E-state index contributed by atoms with van der Waals surface area (Å²) in [6.45, 7) is 1.82. The van der Waals surface area contributed by atoms with E-state index in [2.05, 4.69) is 10.2 Å². The van der Waals surface area contributed by atoms with E-state index in [1.54, 1.807) is 41.0 Å². The van der Waals surface area contributed by atoms with Crippen molar-refractivity contribution < 1.29 is 26.7 Å². The largest absolute Gasteiger partial charge is 0.494 e. The second-order valence-corrected chi connectivity index (χ2v) is 11.8. The number of hydrogen-bond acceptors (Lipinski definition) is 7. The van der Waals surface area contributed by atoms with Crippen molar-refractivity contribution in [2.75, 3.05) is 14.2 Å². The lowest BCUT2D eigenvalue weighted by molar-refractivity contribution is 0.390. The van der Waals surface area contributed by atoms with Crippen molar-refractivity contribution in [2.45, 2.75) is 49.5 Å². The predicted molar refractivity (Wildman–Crippen MR) is 141 cm³/mol. The molecule has 0 spiro atoms. The maximum absolute atomic E-state index is 13.8. The van der Waals surface area contributed by atoms with Crippen molar-refractivity contribution in [1.29, 1.82) is 0 Å². The molecule has 0 unspecified atom stereocenters. The molecule has 8 nitrogen and oxygen atoms in total. The lowest BCUT2D eigenvalue weighted by Gasteiger charge is -2.29. The van der Waals surface area contributed by atoms with Crippen LogP contribution < -0.4 is 9.47 Å². The molecule has 5 rings (SSSR count). The van der Waals surface area contributed by atoms with Crippen LogP contribution in [0.1, 0.15) is 48.7 Å². The Kier molecular flexibility index (Phi) is 7.25. The van der Waals surface area contributed by atoms with E-state index in [0.717, 1.165) is 18.4 Å². The Balaban J connectivity index is 1.54. The van der Waals surface area contributed by atoms with Crippen LogP contribution in [0.3, 0.4) is 0 Å². The molecule has 10 heteroatoms. The molecule has 38 heavy (non-hydrogen) atoms. The molecule has 4 aromatic rings. The van der Waals surface area contributed by atoms with E-state index in [4.69, 9.17) is 13.9 Å². The van der Waals surface area contributed by atoms with Crippen molar-refractivity contribution in [1.82, 2.24) is 14.8 Å². The van der Waals surface area contributed by atoms with Crippen LogP contribution in [0.2, 0.25) is 0 Å². The molecule has 2 aromatic heterocycles. The van der Waals surface area contributed by atoms with Gasteiger partial charge in [0.25, 0.3) is 0 Å². The average molecular weight is 540 g/mol. The van der Waals surface area contributed by atoms with Gasteiger partial charge in [0.1, 0.15) is 34.5 Å². The first kappa shape index (κ1) is 26.0. The number of hydrogen-bond donors (Lipinski definition) is 0. The molecular formula is C28H30FN3O5S. The summed E-state index contributed by atoms with van der Waals surface area (Å²) in [6, 6.07) is 15.2. The molecule has 0 N–H and O–H groups in total. The summed E-state index contributed by atoms with van der Waals surface area (Å²) in [4.78, 5) is 0. The maximum Gasteiger partial charge on any atom is 0.204 e. The molecule has 2 atom stereocenters. The van der Waals surface area contributed by atoms with Crippen LogP contribution in [0.25, 0.3) is 17.3 Å². The number of para-hydroxylation sites is 1. The molecule has 0 amide bonds. The smallest absolute Gasteiger partial charge is 0.204 e. The van der Waals surface area contributed by atoms with Crippen LogP contribution in [0.4, 0.5) is 4.39 Å². The monoisotopic (exact) mass is 539 g/mol. The Labute approximate surface area is 221 Å². The molecule has 1 aliphatic rings. The van der Waals surface area contributed by atoms with Crippen molar-refractivity contribution in [2.24, 2.45) is 0 Å². The molecule has 0 radical (unpaired) electrons. The molecule has 1 saturated carbocycles. The molecule has 1 fully saturated rings. The summed E-state index contributed by atoms with van der Waals surface area (Å²) in [5.74, 6) is 2.09. The summed E-state index contributed by atoms with van der Waals surface area (Å²) in [7, 11) is -0.558. The quantitative estimate of drug-likeness (QED) is 0.286. The van der Waals surface area contributed by atoms with Gasteiger partial charge >= 0.3 is 0 Å². The number of aryl methyl sites for hydroxylation is 1. The van der Waals surface area contributed by atoms with Gasteiger partial charge in [0.05, 0.1) is 19.5 Å². The van der Waals surface area contributed by atoms with Crippen LogP contribution in [0.15, 0.2) is 59.0 Å². The maximum atomic E-state index is 13.8. The zero-order valence-electron chi connectivity index (χ0n) is 21.6. The third-order valence-corrected chi connectivity index (χ3v) is 9.23. The number of sulfone groups is 1. The minimum absolute atomic E-state index is 0.0537. The number of nitrogens with zero attached hydrogens (tertiary/aromatic N) is 3. The van der Waals surface area contributed by atoms with E-state index in [-0.39, 0.29) is 23.3 Å². The first-order chi connectivity index (χ1) is 18.3. The lowest BCUT2D eigenvalue weighted by atomic mass is 9.84. The van der Waals surface area contributed by atoms with Crippen LogP contribution in [0, 0.1) is 12.7 Å². The summed E-state index contributed by atoms with van der Waals surface area (Å²) in [5.41, 5.74) is 1.45. The third-order valence-electron chi connectivity index (χ3n) is 7.12. The summed E-state index contributed by atoms with van der Waals surface area (Å²) >= 11 is 0. The lowest BCUT2D eigenvalue weighted by Crippen LogP contribution is -2.29. The van der Waals surface area contributed by atoms with Crippen LogP contribution >= 0.6 is 0 Å². The second kappa shape index (κ2) is 10.6. The highest BCUT2D eigenvalue weighted by atomic mass is 32.2. The van der Waals surface area contributed by atoms with E-state index in [9.17, 15) is 12.8 Å². The Morgan fingerprint density at radius 2 is 1.71 bits per heavy atom. The number of rotatable bonds is 8. The summed E-state index contributed by atoms with van der Waals surface area (Å²) in [6.07, 6.45) is 2.69. The summed E-state index contributed by atoms with van der Waals surface area (Å²) < 4.78 is 59.8. The molecular weight excluding hydrogens is 509 g/mol. The van der Waals surface area contributed by atoms with Gasteiger partial charge in [0.15, 0.2) is 21.4 Å². The SMILES string of the molecule is COc1cccc(OC)c1-n1c(CS(=O)(=O)[C@H]2CCC[C@H](c3ccc(F)cc3)C2)nnc1-c1ccc(C)o1. The normalized spacial score (nSPS) is 17.9. The minimum atomic E-state index is -3.63. The zero-order valence-corrected chi connectivity index (χ0v) is 22.4. The van der Waals surface area contributed by atoms with Crippen molar-refractivity contribution in [3.05, 3.63) is 77.6 Å². The van der Waals surface area contributed by atoms with Gasteiger partial charge in [-0.3, -0.25) is 4.57 Å². The van der Waals surface area contributed by atoms with Gasteiger partial charge in [-0.2, -0.15) is 0 Å². The Bertz CT molecular complexity index is 1510. The summed E-state index contributed by atoms with van der Waals surface area (Å²) in [5, 5.41) is 8.10. The van der Waals surface area contributed by atoms with E-state index in [0.29, 0.717) is 47.4 Å². The fraction of sp³-hybridized carbons (Fsp3) is 0.357. The van der Waals surface area contributed by atoms with Crippen molar-refractivity contribution in [3.8, 4) is 28.8 Å². The second-order valence-electron chi connectivity index (χ2n) is 9.54. The molecule has 1 aliphatic carbocycles. The van der Waals surface area contributed by atoms with Crippen LogP contribution in [-0.2, 0) is 15.6 Å². The van der Waals surface area contributed by atoms with Gasteiger partial charge in [-0.15, -0.1) is 10.2 Å². The van der Waals surface area contributed by atoms with E-state index in [1.165, 1.54) is 26.4 Å². The highest BCUT2D eigenvalue weighted by Gasteiger charge is 2.35. The number of furan rings is 1. The number of halogens is 1. The molecule has 0 bridgehead atoms. The molecule has 2 aromatic carbocycles. The fourth-order valence-corrected chi connectivity index (χ4v) is 7.05. The van der Waals surface area contributed by atoms with E-state index >= 15 is 0 Å². The number of methoxy groups -OCH3 is 2.